The van der Waals surface area contributed by atoms with Gasteiger partial charge in [0, 0.05) is 31.4 Å². The number of nitrogens with zero attached hydrogens (tertiary/aromatic N) is 3. The number of para-hydroxylation sites is 1. The zero-order valence-electron chi connectivity index (χ0n) is 16.8. The van der Waals surface area contributed by atoms with Crippen molar-refractivity contribution in [2.24, 2.45) is 0 Å². The smallest absolute Gasteiger partial charge is 0.276 e. The molecule has 0 unspecified atom stereocenters. The Bertz CT molecular complexity index is 1080. The normalized spacial score (nSPS) is 13.7. The number of benzene rings is 2. The monoisotopic (exact) mass is 406 g/mol. The highest BCUT2D eigenvalue weighted by Gasteiger charge is 2.26. The molecule has 0 bridgehead atoms. The van der Waals surface area contributed by atoms with Gasteiger partial charge in [-0.15, -0.1) is 0 Å². The number of hydrogen-bond acceptors (Lipinski definition) is 3. The van der Waals surface area contributed by atoms with Crippen LogP contribution in [-0.4, -0.2) is 33.0 Å². The molecule has 3 aromatic rings. The Labute approximate surface area is 174 Å². The molecular weight excluding hydrogens is 383 g/mol. The molecule has 30 heavy (non-hydrogen) atoms. The maximum atomic E-state index is 13.2. The van der Waals surface area contributed by atoms with E-state index in [4.69, 9.17) is 0 Å². The first-order valence-electron chi connectivity index (χ1n) is 10.1. The molecule has 0 saturated carbocycles. The number of aromatic nitrogens is 2. The van der Waals surface area contributed by atoms with Crippen LogP contribution in [0, 0.1) is 5.82 Å². The second-order valence-electron chi connectivity index (χ2n) is 7.31. The predicted molar refractivity (Wildman–Crippen MR) is 112 cm³/mol. The minimum Gasteiger partial charge on any atom is -0.333 e. The number of amides is 2. The molecule has 1 aliphatic rings. The molecule has 1 aliphatic heterocycles. The topological polar surface area (TPSA) is 67.2 Å². The third-order valence-corrected chi connectivity index (χ3v) is 5.25. The lowest BCUT2D eigenvalue weighted by molar-refractivity contribution is 0.0745. The summed E-state index contributed by atoms with van der Waals surface area (Å²) in [6.45, 7) is 3.54. The molecule has 0 radical (unpaired) electrons. The molecule has 0 aliphatic carbocycles. The van der Waals surface area contributed by atoms with E-state index in [0.717, 1.165) is 29.7 Å². The fourth-order valence-electron chi connectivity index (χ4n) is 3.64. The molecule has 154 valence electrons. The molecule has 1 aromatic heterocycles. The summed E-state index contributed by atoms with van der Waals surface area (Å²) in [5, 5.41) is 7.27. The van der Waals surface area contributed by atoms with Gasteiger partial charge in [0.1, 0.15) is 11.5 Å². The highest BCUT2D eigenvalue weighted by atomic mass is 19.1. The van der Waals surface area contributed by atoms with E-state index >= 15 is 0 Å². The first-order valence-corrected chi connectivity index (χ1v) is 10.1. The van der Waals surface area contributed by atoms with Crippen molar-refractivity contribution in [2.45, 2.75) is 32.9 Å². The van der Waals surface area contributed by atoms with Crippen molar-refractivity contribution in [1.82, 2.24) is 14.7 Å². The van der Waals surface area contributed by atoms with Crippen LogP contribution in [0.2, 0.25) is 0 Å². The second kappa shape index (κ2) is 8.49. The lowest BCUT2D eigenvalue weighted by Crippen LogP contribution is -2.30. The van der Waals surface area contributed by atoms with Gasteiger partial charge in [-0.05, 0) is 42.2 Å². The van der Waals surface area contributed by atoms with Crippen LogP contribution in [0.15, 0.2) is 54.6 Å². The van der Waals surface area contributed by atoms with Crippen LogP contribution in [0.5, 0.6) is 0 Å². The third-order valence-electron chi connectivity index (χ3n) is 5.25. The van der Waals surface area contributed by atoms with E-state index in [1.54, 1.807) is 27.8 Å². The minimum atomic E-state index is -0.339. The summed E-state index contributed by atoms with van der Waals surface area (Å²) in [6.07, 6.45) is 1.52. The Balaban J connectivity index is 1.53. The third kappa shape index (κ3) is 4.10. The number of halogens is 1. The van der Waals surface area contributed by atoms with Gasteiger partial charge in [0.2, 0.25) is 0 Å². The lowest BCUT2D eigenvalue weighted by atomic mass is 10.1. The van der Waals surface area contributed by atoms with Crippen molar-refractivity contribution in [1.29, 1.82) is 0 Å². The number of aryl methyl sites for hydroxylation is 2. The van der Waals surface area contributed by atoms with E-state index in [-0.39, 0.29) is 23.3 Å². The lowest BCUT2D eigenvalue weighted by Gasteiger charge is -2.20. The predicted octanol–water partition coefficient (Wildman–Crippen LogP) is 3.88. The van der Waals surface area contributed by atoms with Gasteiger partial charge >= 0.3 is 0 Å². The van der Waals surface area contributed by atoms with Gasteiger partial charge in [-0.2, -0.15) is 5.10 Å². The van der Waals surface area contributed by atoms with Gasteiger partial charge in [-0.25, -0.2) is 4.39 Å². The fraction of sp³-hybridized carbons (Fsp3) is 0.261. The number of fused-ring (bicyclic) bond motifs is 1. The molecule has 0 fully saturated rings. The van der Waals surface area contributed by atoms with Gasteiger partial charge in [-0.3, -0.25) is 14.3 Å². The zero-order chi connectivity index (χ0) is 21.1. The Morgan fingerprint density at radius 3 is 2.67 bits per heavy atom. The summed E-state index contributed by atoms with van der Waals surface area (Å²) in [5.41, 5.74) is 3.24. The highest BCUT2D eigenvalue weighted by Crippen LogP contribution is 2.19. The van der Waals surface area contributed by atoms with Gasteiger partial charge in [0.05, 0.1) is 0 Å². The molecule has 2 heterocycles. The number of hydrogen-bond donors (Lipinski definition) is 1. The quantitative estimate of drug-likeness (QED) is 0.699. The molecule has 0 spiro atoms. The van der Waals surface area contributed by atoms with E-state index in [1.165, 1.54) is 12.1 Å². The summed E-state index contributed by atoms with van der Waals surface area (Å²) >= 11 is 0. The molecule has 6 nitrogen and oxygen atoms in total. The number of anilines is 1. The van der Waals surface area contributed by atoms with Gasteiger partial charge in [0.25, 0.3) is 11.8 Å². The number of carbonyl (C=O) groups excluding carboxylic acids is 2. The molecule has 1 N–H and O–H groups in total. The largest absolute Gasteiger partial charge is 0.333 e. The Morgan fingerprint density at radius 2 is 1.90 bits per heavy atom. The average molecular weight is 406 g/mol. The fourth-order valence-corrected chi connectivity index (χ4v) is 3.64. The van der Waals surface area contributed by atoms with Crippen molar-refractivity contribution in [2.75, 3.05) is 11.9 Å². The van der Waals surface area contributed by atoms with E-state index in [1.807, 2.05) is 31.2 Å². The summed E-state index contributed by atoms with van der Waals surface area (Å²) in [4.78, 5) is 27.5. The maximum absolute atomic E-state index is 13.2. The number of rotatable bonds is 5. The van der Waals surface area contributed by atoms with Crippen LogP contribution in [0.3, 0.4) is 0 Å². The minimum absolute atomic E-state index is 0.183. The van der Waals surface area contributed by atoms with Crippen LogP contribution >= 0.6 is 0 Å². The molecular formula is C23H23FN4O2. The van der Waals surface area contributed by atoms with Crippen molar-refractivity contribution in [3.63, 3.8) is 0 Å². The first-order chi connectivity index (χ1) is 14.5. The standard InChI is InChI=1S/C23H23FN4O2/c1-2-17-6-3-4-7-19(17)25-22(29)20-14-21-23(30)27(12-5-13-28(21)26-20)15-16-8-10-18(24)11-9-16/h3-4,6-11,14H,2,5,12-13,15H2,1H3,(H,25,29). The van der Waals surface area contributed by atoms with Gasteiger partial charge in [-0.1, -0.05) is 37.3 Å². The second-order valence-corrected chi connectivity index (χ2v) is 7.31. The first kappa shape index (κ1) is 19.8. The Morgan fingerprint density at radius 1 is 1.13 bits per heavy atom. The summed E-state index contributed by atoms with van der Waals surface area (Å²) < 4.78 is 14.8. The van der Waals surface area contributed by atoms with Crippen LogP contribution in [0.1, 0.15) is 45.4 Å². The number of carbonyl (C=O) groups is 2. The van der Waals surface area contributed by atoms with E-state index < -0.39 is 0 Å². The molecule has 0 atom stereocenters. The highest BCUT2D eigenvalue weighted by molar-refractivity contribution is 6.05. The Kier molecular flexibility index (Phi) is 5.61. The summed E-state index contributed by atoms with van der Waals surface area (Å²) in [6, 6.07) is 15.3. The molecule has 7 heteroatoms. The van der Waals surface area contributed by atoms with Crippen LogP contribution in [-0.2, 0) is 19.5 Å². The Hall–Kier alpha value is -3.48. The van der Waals surface area contributed by atoms with Crippen LogP contribution in [0.4, 0.5) is 10.1 Å². The van der Waals surface area contributed by atoms with Crippen LogP contribution < -0.4 is 5.32 Å². The molecule has 4 rings (SSSR count). The number of nitrogens with one attached hydrogen (secondary N) is 1. The van der Waals surface area contributed by atoms with E-state index in [9.17, 15) is 14.0 Å². The molecule has 0 saturated heterocycles. The van der Waals surface area contributed by atoms with E-state index in [2.05, 4.69) is 10.4 Å². The zero-order valence-corrected chi connectivity index (χ0v) is 16.8. The summed E-state index contributed by atoms with van der Waals surface area (Å²) in [7, 11) is 0. The van der Waals surface area contributed by atoms with Crippen molar-refractivity contribution in [3.05, 3.63) is 82.9 Å². The summed E-state index contributed by atoms with van der Waals surface area (Å²) in [5.74, 6) is -0.828. The van der Waals surface area contributed by atoms with E-state index in [0.29, 0.717) is 25.3 Å². The van der Waals surface area contributed by atoms with Crippen molar-refractivity contribution in [3.8, 4) is 0 Å². The van der Waals surface area contributed by atoms with Crippen LogP contribution in [0.25, 0.3) is 0 Å². The molecule has 2 aromatic carbocycles. The SMILES string of the molecule is CCc1ccccc1NC(=O)c1cc2n(n1)CCCN(Cc1ccc(F)cc1)C2=O. The van der Waals surface area contributed by atoms with Crippen molar-refractivity contribution < 1.29 is 14.0 Å². The van der Waals surface area contributed by atoms with Crippen molar-refractivity contribution >= 4 is 17.5 Å². The van der Waals surface area contributed by atoms with Gasteiger partial charge < -0.3 is 10.2 Å². The average Bonchev–Trinajstić information content (AvgIpc) is 3.13. The van der Waals surface area contributed by atoms with Gasteiger partial charge in [0.15, 0.2) is 5.69 Å². The maximum Gasteiger partial charge on any atom is 0.276 e. The molecule has 2 amide bonds.